The van der Waals surface area contributed by atoms with E-state index in [1.807, 2.05) is 0 Å². The van der Waals surface area contributed by atoms with Gasteiger partial charge in [-0.15, -0.1) is 0 Å². The first-order valence-electron chi connectivity index (χ1n) is 14.0. The molecule has 4 saturated heterocycles. The van der Waals surface area contributed by atoms with Crippen molar-refractivity contribution >= 4 is 34.6 Å². The Kier molecular flexibility index (Phi) is 6.95. The molecule has 2 aromatic rings. The molecule has 5 heterocycles. The number of nitrogens with zero attached hydrogens (tertiary/aromatic N) is 1. The summed E-state index contributed by atoms with van der Waals surface area (Å²) in [6.07, 6.45) is 2.61. The molecule has 0 spiro atoms. The number of cyclic esters (lactones) is 1. The van der Waals surface area contributed by atoms with Crippen LogP contribution in [0.5, 0.6) is 5.75 Å². The van der Waals surface area contributed by atoms with Gasteiger partial charge in [-0.3, -0.25) is 14.4 Å². The molecule has 0 radical (unpaired) electrons. The summed E-state index contributed by atoms with van der Waals surface area (Å²) in [7, 11) is 1.52. The van der Waals surface area contributed by atoms with Crippen LogP contribution >= 0.6 is 0 Å². The van der Waals surface area contributed by atoms with E-state index in [1.165, 1.54) is 12.0 Å². The van der Waals surface area contributed by atoms with Crippen LogP contribution in [0.15, 0.2) is 35.9 Å². The predicted octanol–water partition coefficient (Wildman–Crippen LogP) is 2.69. The van der Waals surface area contributed by atoms with Gasteiger partial charge in [-0.1, -0.05) is 12.1 Å². The minimum Gasteiger partial charge on any atom is -0.496 e. The van der Waals surface area contributed by atoms with E-state index in [2.05, 4.69) is 15.6 Å². The number of aromatic amines is 1. The smallest absolute Gasteiger partial charge is 0.333 e. The van der Waals surface area contributed by atoms with Crippen LogP contribution in [0.1, 0.15) is 49.0 Å². The molecule has 41 heavy (non-hydrogen) atoms. The fraction of sp³-hybridized carbons (Fsp3) is 0.517. The lowest BCUT2D eigenvalue weighted by molar-refractivity contribution is -0.179. The number of H-pyrrole nitrogens is 1. The van der Waals surface area contributed by atoms with Crippen LogP contribution in [-0.2, 0) is 19.1 Å². The van der Waals surface area contributed by atoms with Gasteiger partial charge in [-0.25, -0.2) is 13.6 Å². The van der Waals surface area contributed by atoms with Crippen molar-refractivity contribution in [3.8, 4) is 5.75 Å². The molecule has 218 valence electrons. The molecule has 5 atom stereocenters. The second kappa shape index (κ2) is 10.5. The standard InChI is InChI=1S/C29H32F2N4O6/c1-40-23-4-2-3-21-19(23)13-22(34-21)27(38)35-18-5-6-20(29(30,31)14-18)24(35)26(37)33-17(11-15-7-9-32-25(15)36)12-16-8-10-41-28(16)39/h2-4,12-13,15,17-18,20,24,34H,5-11,14H2,1H3,(H,32,36)(H,33,37)/b16-12-/t15-,17+,18+,20+,24+/m1/s1. The second-order valence-electron chi connectivity index (χ2n) is 11.3. The molecular weight excluding hydrogens is 538 g/mol. The van der Waals surface area contributed by atoms with Crippen molar-refractivity contribution in [2.45, 2.75) is 62.6 Å². The summed E-state index contributed by atoms with van der Waals surface area (Å²) in [6.45, 7) is 0.713. The number of ether oxygens (including phenoxy) is 2. The zero-order chi connectivity index (χ0) is 28.9. The van der Waals surface area contributed by atoms with Crippen molar-refractivity contribution < 1.29 is 37.4 Å². The highest BCUT2D eigenvalue weighted by atomic mass is 19.3. The highest BCUT2D eigenvalue weighted by Crippen LogP contribution is 2.49. The van der Waals surface area contributed by atoms with Crippen LogP contribution in [0.2, 0.25) is 0 Å². The van der Waals surface area contributed by atoms with Gasteiger partial charge in [0, 0.05) is 53.9 Å². The molecule has 1 aromatic heterocycles. The number of alkyl halides is 2. The summed E-state index contributed by atoms with van der Waals surface area (Å²) in [6, 6.07) is 3.89. The van der Waals surface area contributed by atoms with E-state index in [-0.39, 0.29) is 31.0 Å². The summed E-state index contributed by atoms with van der Waals surface area (Å²) >= 11 is 0. The van der Waals surface area contributed by atoms with Crippen molar-refractivity contribution in [3.05, 3.63) is 41.6 Å². The number of hydrogen-bond donors (Lipinski definition) is 3. The Morgan fingerprint density at radius 2 is 2.10 bits per heavy atom. The van der Waals surface area contributed by atoms with Gasteiger partial charge in [-0.2, -0.15) is 0 Å². The fourth-order valence-corrected chi connectivity index (χ4v) is 6.81. The molecule has 1 aromatic carbocycles. The SMILES string of the molecule is COc1cccc2[nH]c(C(=O)N3[C@H]4CC[C@@H]([C@H]3C(=O)N[C@H](/C=C3/CCOC3=O)C[C@H]3CCNC3=O)C(F)(F)C4)cc12. The van der Waals surface area contributed by atoms with Crippen LogP contribution in [-0.4, -0.2) is 77.9 Å². The Morgan fingerprint density at radius 1 is 1.27 bits per heavy atom. The zero-order valence-electron chi connectivity index (χ0n) is 22.6. The molecule has 5 fully saturated rings. The van der Waals surface area contributed by atoms with Crippen molar-refractivity contribution in [3.63, 3.8) is 0 Å². The normalized spacial score (nSPS) is 28.6. The lowest BCUT2D eigenvalue weighted by atomic mass is 9.71. The molecule has 10 nitrogen and oxygen atoms in total. The number of halogens is 2. The van der Waals surface area contributed by atoms with E-state index in [0.717, 1.165) is 0 Å². The predicted molar refractivity (Wildman–Crippen MR) is 142 cm³/mol. The third-order valence-electron chi connectivity index (χ3n) is 8.81. The van der Waals surface area contributed by atoms with Crippen molar-refractivity contribution in [1.82, 2.24) is 20.5 Å². The van der Waals surface area contributed by atoms with Gasteiger partial charge < -0.3 is 30.0 Å². The quantitative estimate of drug-likeness (QED) is 0.347. The number of amides is 3. The van der Waals surface area contributed by atoms with Gasteiger partial charge in [0.25, 0.3) is 11.8 Å². The molecular formula is C29H32F2N4O6. The van der Waals surface area contributed by atoms with Gasteiger partial charge >= 0.3 is 5.97 Å². The number of rotatable bonds is 7. The third kappa shape index (κ3) is 4.93. The number of piperidine rings is 2. The minimum atomic E-state index is -3.13. The second-order valence-corrected chi connectivity index (χ2v) is 11.3. The molecule has 7 rings (SSSR count). The van der Waals surface area contributed by atoms with Crippen molar-refractivity contribution in [2.24, 2.45) is 11.8 Å². The molecule has 5 aliphatic rings. The van der Waals surface area contributed by atoms with Crippen LogP contribution in [0.3, 0.4) is 0 Å². The molecule has 3 N–H and O–H groups in total. The Hall–Kier alpha value is -3.96. The highest BCUT2D eigenvalue weighted by Gasteiger charge is 2.60. The van der Waals surface area contributed by atoms with Gasteiger partial charge in [0.1, 0.15) is 17.5 Å². The summed E-state index contributed by atoms with van der Waals surface area (Å²) in [5, 5.41) is 6.25. The number of benzene rings is 1. The number of fused-ring (bicyclic) bond motifs is 4. The maximum atomic E-state index is 15.2. The van der Waals surface area contributed by atoms with E-state index in [4.69, 9.17) is 9.47 Å². The number of aromatic nitrogens is 1. The van der Waals surface area contributed by atoms with Gasteiger partial charge in [0.15, 0.2) is 0 Å². The number of carbonyl (C=O) groups is 4. The fourth-order valence-electron chi connectivity index (χ4n) is 6.81. The van der Waals surface area contributed by atoms with Gasteiger partial charge in [0.2, 0.25) is 11.8 Å². The molecule has 1 saturated carbocycles. The highest BCUT2D eigenvalue weighted by molar-refractivity contribution is 6.02. The molecule has 3 amide bonds. The van der Waals surface area contributed by atoms with E-state index in [9.17, 15) is 19.2 Å². The first-order valence-corrected chi connectivity index (χ1v) is 14.0. The first kappa shape index (κ1) is 27.2. The van der Waals surface area contributed by atoms with Crippen LogP contribution in [0, 0.1) is 11.8 Å². The number of nitrogens with one attached hydrogen (secondary N) is 3. The van der Waals surface area contributed by atoms with Crippen LogP contribution in [0.4, 0.5) is 8.78 Å². The zero-order valence-corrected chi connectivity index (χ0v) is 22.6. The molecule has 1 aliphatic carbocycles. The summed E-state index contributed by atoms with van der Waals surface area (Å²) in [5.41, 5.74) is 1.18. The van der Waals surface area contributed by atoms with Crippen LogP contribution < -0.4 is 15.4 Å². The maximum absolute atomic E-state index is 15.2. The Balaban J connectivity index is 1.32. The lowest BCUT2D eigenvalue weighted by Crippen LogP contribution is -2.68. The average Bonchev–Trinajstić information content (AvgIpc) is 3.67. The van der Waals surface area contributed by atoms with E-state index in [1.54, 1.807) is 30.3 Å². The maximum Gasteiger partial charge on any atom is 0.333 e. The molecule has 4 aliphatic heterocycles. The Bertz CT molecular complexity index is 1440. The van der Waals surface area contributed by atoms with Gasteiger partial charge in [0.05, 0.1) is 19.6 Å². The van der Waals surface area contributed by atoms with E-state index < -0.39 is 60.1 Å². The van der Waals surface area contributed by atoms with Crippen molar-refractivity contribution in [1.29, 1.82) is 0 Å². The largest absolute Gasteiger partial charge is 0.496 e. The number of hydrogen-bond acceptors (Lipinski definition) is 6. The summed E-state index contributed by atoms with van der Waals surface area (Å²) < 4.78 is 40.9. The monoisotopic (exact) mass is 570 g/mol. The molecule has 2 bridgehead atoms. The number of carbonyl (C=O) groups excluding carboxylic acids is 4. The van der Waals surface area contributed by atoms with E-state index in [0.29, 0.717) is 48.0 Å². The number of methoxy groups -OCH3 is 1. The first-order chi connectivity index (χ1) is 19.7. The number of esters is 1. The van der Waals surface area contributed by atoms with Crippen molar-refractivity contribution in [2.75, 3.05) is 20.3 Å². The van der Waals surface area contributed by atoms with E-state index >= 15 is 8.78 Å². The third-order valence-corrected chi connectivity index (χ3v) is 8.81. The molecule has 0 unspecified atom stereocenters. The summed E-state index contributed by atoms with van der Waals surface area (Å²) in [4.78, 5) is 56.6. The Labute approximate surface area is 234 Å². The molecule has 12 heteroatoms. The van der Waals surface area contributed by atoms with Gasteiger partial charge in [-0.05, 0) is 43.9 Å². The van der Waals surface area contributed by atoms with Crippen LogP contribution in [0.25, 0.3) is 10.9 Å². The minimum absolute atomic E-state index is 0.100. The average molecular weight is 571 g/mol. The Morgan fingerprint density at radius 3 is 2.78 bits per heavy atom. The lowest BCUT2D eigenvalue weighted by Gasteiger charge is -2.53. The topological polar surface area (TPSA) is 130 Å². The summed E-state index contributed by atoms with van der Waals surface area (Å²) in [5.74, 6) is -6.28.